The second kappa shape index (κ2) is 8.25. The minimum absolute atomic E-state index is 0.102. The van der Waals surface area contributed by atoms with Crippen molar-refractivity contribution >= 4 is 17.8 Å². The first-order valence-electron chi connectivity index (χ1n) is 7.16. The van der Waals surface area contributed by atoms with E-state index in [-0.39, 0.29) is 29.2 Å². The van der Waals surface area contributed by atoms with E-state index < -0.39 is 10.8 Å². The van der Waals surface area contributed by atoms with Crippen LogP contribution in [0.2, 0.25) is 0 Å². The van der Waals surface area contributed by atoms with E-state index in [4.69, 9.17) is 4.74 Å². The molecule has 0 unspecified atom stereocenters. The fraction of sp³-hybridized carbons (Fsp3) is 0.0588. The van der Waals surface area contributed by atoms with Gasteiger partial charge in [0.05, 0.1) is 16.7 Å². The number of amides is 1. The van der Waals surface area contributed by atoms with Crippen molar-refractivity contribution in [1.82, 2.24) is 5.43 Å². The van der Waals surface area contributed by atoms with Gasteiger partial charge in [-0.2, -0.15) is 5.10 Å². The lowest BCUT2D eigenvalue weighted by atomic mass is 10.2. The number of nitro benzene ring substituents is 1. The number of hydrazone groups is 1. The predicted molar refractivity (Wildman–Crippen MR) is 92.0 cm³/mol. The van der Waals surface area contributed by atoms with E-state index in [1.807, 2.05) is 0 Å². The van der Waals surface area contributed by atoms with Gasteiger partial charge in [-0.15, -0.1) is 0 Å². The number of aromatic hydroxyl groups is 1. The molecule has 8 nitrogen and oxygen atoms in total. The summed E-state index contributed by atoms with van der Waals surface area (Å²) in [4.78, 5) is 22.3. The third-order valence-corrected chi connectivity index (χ3v) is 3.08. The van der Waals surface area contributed by atoms with Gasteiger partial charge in [-0.05, 0) is 18.2 Å². The van der Waals surface area contributed by atoms with Crippen molar-refractivity contribution in [1.29, 1.82) is 0 Å². The molecular formula is C17H15N3O5. The molecule has 0 radical (unpaired) electrons. The highest BCUT2D eigenvalue weighted by Crippen LogP contribution is 2.21. The summed E-state index contributed by atoms with van der Waals surface area (Å²) in [6.07, 6.45) is 2.67. The Labute approximate surface area is 143 Å². The Kier molecular flexibility index (Phi) is 5.83. The van der Waals surface area contributed by atoms with E-state index >= 15 is 0 Å². The summed E-state index contributed by atoms with van der Waals surface area (Å²) in [6.45, 7) is 3.79. The van der Waals surface area contributed by atoms with Crippen LogP contribution in [-0.4, -0.2) is 28.8 Å². The largest absolute Gasteiger partial charge is 0.507 e. The lowest BCUT2D eigenvalue weighted by molar-refractivity contribution is -0.384. The number of hydrogen-bond donors (Lipinski definition) is 2. The molecule has 8 heteroatoms. The second-order valence-electron chi connectivity index (χ2n) is 4.80. The SMILES string of the molecule is C=CCOc1ccccc1C(=O)N/N=C/c1cc([N+](=O)[O-])ccc1O. The summed E-state index contributed by atoms with van der Waals surface area (Å²) in [5.41, 5.74) is 2.45. The Bertz CT molecular complexity index is 833. The van der Waals surface area contributed by atoms with E-state index in [1.165, 1.54) is 12.1 Å². The number of hydrogen-bond acceptors (Lipinski definition) is 6. The lowest BCUT2D eigenvalue weighted by Crippen LogP contribution is -2.18. The fourth-order valence-corrected chi connectivity index (χ4v) is 1.91. The molecule has 0 bridgehead atoms. The molecule has 2 rings (SSSR count). The van der Waals surface area contributed by atoms with Gasteiger partial charge in [0.25, 0.3) is 11.6 Å². The van der Waals surface area contributed by atoms with Crippen molar-refractivity contribution in [2.24, 2.45) is 5.10 Å². The highest BCUT2D eigenvalue weighted by molar-refractivity contribution is 5.97. The molecule has 2 aromatic rings. The van der Waals surface area contributed by atoms with Crippen molar-refractivity contribution in [2.45, 2.75) is 0 Å². The molecule has 0 saturated carbocycles. The van der Waals surface area contributed by atoms with Crippen LogP contribution in [0.5, 0.6) is 11.5 Å². The van der Waals surface area contributed by atoms with Crippen LogP contribution in [0.4, 0.5) is 5.69 Å². The predicted octanol–water partition coefficient (Wildman–Crippen LogP) is 2.63. The maximum Gasteiger partial charge on any atom is 0.275 e. The second-order valence-corrected chi connectivity index (χ2v) is 4.80. The quantitative estimate of drug-likeness (QED) is 0.348. The number of nitrogens with one attached hydrogen (secondary N) is 1. The normalized spacial score (nSPS) is 10.4. The van der Waals surface area contributed by atoms with E-state index in [2.05, 4.69) is 17.1 Å². The van der Waals surface area contributed by atoms with Gasteiger partial charge in [0.15, 0.2) is 0 Å². The minimum atomic E-state index is -0.595. The van der Waals surface area contributed by atoms with Crippen LogP contribution in [0.1, 0.15) is 15.9 Å². The zero-order chi connectivity index (χ0) is 18.2. The first-order chi connectivity index (χ1) is 12.0. The molecule has 0 saturated heterocycles. The molecule has 0 heterocycles. The first-order valence-corrected chi connectivity index (χ1v) is 7.16. The molecule has 25 heavy (non-hydrogen) atoms. The number of nitro groups is 1. The fourth-order valence-electron chi connectivity index (χ4n) is 1.91. The number of non-ortho nitro benzene ring substituents is 1. The van der Waals surface area contributed by atoms with Crippen LogP contribution in [0, 0.1) is 10.1 Å². The molecule has 0 fully saturated rings. The molecule has 2 N–H and O–H groups in total. The van der Waals surface area contributed by atoms with Crippen LogP contribution in [0.25, 0.3) is 0 Å². The average Bonchev–Trinajstić information content (AvgIpc) is 2.61. The maximum absolute atomic E-state index is 12.2. The number of benzene rings is 2. The minimum Gasteiger partial charge on any atom is -0.507 e. The summed E-state index contributed by atoms with van der Waals surface area (Å²) in [7, 11) is 0. The van der Waals surface area contributed by atoms with Crippen molar-refractivity contribution in [3.05, 3.63) is 76.4 Å². The van der Waals surface area contributed by atoms with Crippen LogP contribution >= 0.6 is 0 Å². The molecule has 1 amide bonds. The Morgan fingerprint density at radius 1 is 1.36 bits per heavy atom. The Hall–Kier alpha value is -3.68. The number of phenols is 1. The summed E-state index contributed by atoms with van der Waals surface area (Å²) >= 11 is 0. The van der Waals surface area contributed by atoms with Gasteiger partial charge in [0.2, 0.25) is 0 Å². The first kappa shape index (κ1) is 17.7. The number of carbonyl (C=O) groups is 1. The van der Waals surface area contributed by atoms with Crippen LogP contribution < -0.4 is 10.2 Å². The van der Waals surface area contributed by atoms with Gasteiger partial charge in [0, 0.05) is 17.7 Å². The Balaban J connectivity index is 2.12. The monoisotopic (exact) mass is 341 g/mol. The topological polar surface area (TPSA) is 114 Å². The van der Waals surface area contributed by atoms with E-state index in [1.54, 1.807) is 30.3 Å². The molecule has 0 atom stereocenters. The molecule has 0 spiro atoms. The number of nitrogens with zero attached hydrogens (tertiary/aromatic N) is 2. The third kappa shape index (κ3) is 4.64. The van der Waals surface area contributed by atoms with Gasteiger partial charge < -0.3 is 9.84 Å². The molecule has 128 valence electrons. The number of carbonyl (C=O) groups excluding carboxylic acids is 1. The Morgan fingerprint density at radius 2 is 2.12 bits per heavy atom. The number of para-hydroxylation sites is 1. The van der Waals surface area contributed by atoms with Crippen LogP contribution in [-0.2, 0) is 0 Å². The number of phenolic OH excluding ortho intramolecular Hbond substituents is 1. The smallest absolute Gasteiger partial charge is 0.275 e. The van der Waals surface area contributed by atoms with Gasteiger partial charge >= 0.3 is 0 Å². The van der Waals surface area contributed by atoms with E-state index in [0.717, 1.165) is 12.3 Å². The standard InChI is InChI=1S/C17H15N3O5/c1-2-9-25-16-6-4-3-5-14(16)17(22)19-18-11-12-10-13(20(23)24)7-8-15(12)21/h2-8,10-11,21H,1,9H2,(H,19,22)/b18-11+. The van der Waals surface area contributed by atoms with Gasteiger partial charge in [-0.1, -0.05) is 24.8 Å². The molecule has 2 aromatic carbocycles. The van der Waals surface area contributed by atoms with Crippen molar-refractivity contribution < 1.29 is 19.6 Å². The molecule has 0 aliphatic carbocycles. The summed E-state index contributed by atoms with van der Waals surface area (Å²) < 4.78 is 5.39. The third-order valence-electron chi connectivity index (χ3n) is 3.08. The highest BCUT2D eigenvalue weighted by Gasteiger charge is 2.12. The highest BCUT2D eigenvalue weighted by atomic mass is 16.6. The van der Waals surface area contributed by atoms with Crippen molar-refractivity contribution in [3.63, 3.8) is 0 Å². The van der Waals surface area contributed by atoms with Gasteiger partial charge in [-0.25, -0.2) is 5.43 Å². The van der Waals surface area contributed by atoms with E-state index in [0.29, 0.717) is 5.75 Å². The lowest BCUT2D eigenvalue weighted by Gasteiger charge is -2.08. The number of rotatable bonds is 7. The molecule has 0 aliphatic heterocycles. The maximum atomic E-state index is 12.2. The van der Waals surface area contributed by atoms with Crippen LogP contribution in [0.15, 0.2) is 60.2 Å². The van der Waals surface area contributed by atoms with Crippen molar-refractivity contribution in [2.75, 3.05) is 6.61 Å². The molecule has 0 aromatic heterocycles. The van der Waals surface area contributed by atoms with Gasteiger partial charge in [0.1, 0.15) is 18.1 Å². The summed E-state index contributed by atoms with van der Waals surface area (Å²) in [5, 5.41) is 24.1. The number of ether oxygens (including phenoxy) is 1. The Morgan fingerprint density at radius 3 is 2.84 bits per heavy atom. The zero-order valence-electron chi connectivity index (χ0n) is 13.1. The average molecular weight is 341 g/mol. The zero-order valence-corrected chi connectivity index (χ0v) is 13.1. The summed E-state index contributed by atoms with van der Waals surface area (Å²) in [6, 6.07) is 10.1. The molecule has 0 aliphatic rings. The van der Waals surface area contributed by atoms with Crippen molar-refractivity contribution in [3.8, 4) is 11.5 Å². The van der Waals surface area contributed by atoms with Gasteiger partial charge in [-0.3, -0.25) is 14.9 Å². The summed E-state index contributed by atoms with van der Waals surface area (Å²) in [5.74, 6) is -0.354. The van der Waals surface area contributed by atoms with Crippen LogP contribution in [0.3, 0.4) is 0 Å². The molecular weight excluding hydrogens is 326 g/mol. The van der Waals surface area contributed by atoms with E-state index in [9.17, 15) is 20.0 Å².